The van der Waals surface area contributed by atoms with Crippen LogP contribution in [0.2, 0.25) is 0 Å². The molecule has 1 aromatic rings. The Hall–Kier alpha value is -0.340. The van der Waals surface area contributed by atoms with Gasteiger partial charge in [0.1, 0.15) is 0 Å². The van der Waals surface area contributed by atoms with Crippen molar-refractivity contribution in [3.05, 3.63) is 21.9 Å². The van der Waals surface area contributed by atoms with Crippen LogP contribution in [0.25, 0.3) is 0 Å². The molecule has 1 atom stereocenters. The van der Waals surface area contributed by atoms with Gasteiger partial charge in [-0.2, -0.15) is 0 Å². The highest BCUT2D eigenvalue weighted by atomic mass is 32.1. The SMILES string of the molecule is CCCCCCCCCCC(NC)c1sccc1CC. The van der Waals surface area contributed by atoms with Crippen molar-refractivity contribution in [3.8, 4) is 0 Å². The molecule has 0 aliphatic heterocycles. The molecule has 0 saturated heterocycles. The van der Waals surface area contributed by atoms with Gasteiger partial charge in [-0.05, 0) is 36.9 Å². The topological polar surface area (TPSA) is 12.0 Å². The van der Waals surface area contributed by atoms with Gasteiger partial charge in [0.05, 0.1) is 0 Å². The quantitative estimate of drug-likeness (QED) is 0.459. The first-order chi connectivity index (χ1) is 9.83. The van der Waals surface area contributed by atoms with Crippen molar-refractivity contribution in [2.24, 2.45) is 0 Å². The van der Waals surface area contributed by atoms with Crippen molar-refractivity contribution in [2.75, 3.05) is 7.05 Å². The van der Waals surface area contributed by atoms with E-state index in [9.17, 15) is 0 Å². The maximum Gasteiger partial charge on any atom is 0.0415 e. The van der Waals surface area contributed by atoms with Gasteiger partial charge in [-0.15, -0.1) is 11.3 Å². The van der Waals surface area contributed by atoms with E-state index in [4.69, 9.17) is 0 Å². The molecule has 0 spiro atoms. The summed E-state index contributed by atoms with van der Waals surface area (Å²) in [5, 5.41) is 5.75. The van der Waals surface area contributed by atoms with Gasteiger partial charge in [0.15, 0.2) is 0 Å². The predicted molar refractivity (Wildman–Crippen MR) is 92.7 cm³/mol. The summed E-state index contributed by atoms with van der Waals surface area (Å²) in [6.45, 7) is 4.54. The lowest BCUT2D eigenvalue weighted by atomic mass is 10.0. The summed E-state index contributed by atoms with van der Waals surface area (Å²) < 4.78 is 0. The van der Waals surface area contributed by atoms with E-state index in [2.05, 4.69) is 37.7 Å². The Kier molecular flexibility index (Phi) is 10.0. The first-order valence-electron chi connectivity index (χ1n) is 8.57. The third-order valence-electron chi connectivity index (χ3n) is 4.17. The van der Waals surface area contributed by atoms with Crippen LogP contribution in [0.5, 0.6) is 0 Å². The molecule has 20 heavy (non-hydrogen) atoms. The second-order valence-corrected chi connectivity index (χ2v) is 6.72. The fraction of sp³-hybridized carbons (Fsp3) is 0.778. The lowest BCUT2D eigenvalue weighted by molar-refractivity contribution is 0.497. The van der Waals surface area contributed by atoms with E-state index in [1.165, 1.54) is 63.4 Å². The Labute approximate surface area is 130 Å². The van der Waals surface area contributed by atoms with Crippen molar-refractivity contribution in [1.82, 2.24) is 5.32 Å². The van der Waals surface area contributed by atoms with Gasteiger partial charge in [-0.1, -0.05) is 65.2 Å². The van der Waals surface area contributed by atoms with E-state index in [1.807, 2.05) is 11.3 Å². The van der Waals surface area contributed by atoms with Gasteiger partial charge >= 0.3 is 0 Å². The highest BCUT2D eigenvalue weighted by Crippen LogP contribution is 2.28. The van der Waals surface area contributed by atoms with Crippen LogP contribution in [0.15, 0.2) is 11.4 Å². The predicted octanol–water partition coefficient (Wildman–Crippen LogP) is 6.10. The minimum Gasteiger partial charge on any atom is -0.312 e. The minimum atomic E-state index is 0.574. The largest absolute Gasteiger partial charge is 0.312 e. The van der Waals surface area contributed by atoms with Crippen LogP contribution in [0, 0.1) is 0 Å². The number of nitrogens with one attached hydrogen (secondary N) is 1. The molecule has 2 heteroatoms. The zero-order valence-corrected chi connectivity index (χ0v) is 14.5. The van der Waals surface area contributed by atoms with Gasteiger partial charge in [-0.25, -0.2) is 0 Å². The molecular weight excluding hydrogens is 262 g/mol. The van der Waals surface area contributed by atoms with Crippen LogP contribution in [0.4, 0.5) is 0 Å². The van der Waals surface area contributed by atoms with Crippen molar-refractivity contribution in [3.63, 3.8) is 0 Å². The molecule has 0 aliphatic carbocycles. The molecule has 0 radical (unpaired) electrons. The molecule has 0 fully saturated rings. The number of hydrogen-bond acceptors (Lipinski definition) is 2. The summed E-state index contributed by atoms with van der Waals surface area (Å²) in [4.78, 5) is 1.57. The molecule has 116 valence electrons. The van der Waals surface area contributed by atoms with E-state index in [0.29, 0.717) is 6.04 Å². The average Bonchev–Trinajstić information content (AvgIpc) is 2.94. The molecule has 1 N–H and O–H groups in total. The van der Waals surface area contributed by atoms with Crippen LogP contribution in [-0.4, -0.2) is 7.05 Å². The van der Waals surface area contributed by atoms with Crippen molar-refractivity contribution in [1.29, 1.82) is 0 Å². The molecule has 0 aromatic carbocycles. The van der Waals surface area contributed by atoms with Crippen LogP contribution < -0.4 is 5.32 Å². The fourth-order valence-electron chi connectivity index (χ4n) is 2.83. The first-order valence-corrected chi connectivity index (χ1v) is 9.44. The Bertz CT molecular complexity index is 332. The summed E-state index contributed by atoms with van der Waals surface area (Å²) in [5.41, 5.74) is 1.54. The number of aryl methyl sites for hydroxylation is 1. The number of thiophene rings is 1. The highest BCUT2D eigenvalue weighted by molar-refractivity contribution is 7.10. The molecule has 1 nitrogen and oxygen atoms in total. The Balaban J connectivity index is 2.16. The second-order valence-electron chi connectivity index (χ2n) is 5.77. The third-order valence-corrected chi connectivity index (χ3v) is 5.25. The van der Waals surface area contributed by atoms with Crippen LogP contribution in [-0.2, 0) is 6.42 Å². The fourth-order valence-corrected chi connectivity index (χ4v) is 3.98. The monoisotopic (exact) mass is 295 g/mol. The maximum absolute atomic E-state index is 3.51. The molecule has 1 aromatic heterocycles. The summed E-state index contributed by atoms with van der Waals surface area (Å²) in [7, 11) is 2.11. The lowest BCUT2D eigenvalue weighted by Crippen LogP contribution is -2.16. The number of rotatable bonds is 12. The summed E-state index contributed by atoms with van der Waals surface area (Å²) in [6, 6.07) is 2.86. The van der Waals surface area contributed by atoms with Crippen molar-refractivity contribution < 1.29 is 0 Å². The Morgan fingerprint density at radius 1 is 1.00 bits per heavy atom. The van der Waals surface area contributed by atoms with Gasteiger partial charge in [0.2, 0.25) is 0 Å². The summed E-state index contributed by atoms with van der Waals surface area (Å²) in [6.07, 6.45) is 13.7. The normalized spacial score (nSPS) is 12.8. The molecule has 0 bridgehead atoms. The maximum atomic E-state index is 3.51. The smallest absolute Gasteiger partial charge is 0.0415 e. The van der Waals surface area contributed by atoms with E-state index in [1.54, 1.807) is 4.88 Å². The van der Waals surface area contributed by atoms with Crippen molar-refractivity contribution in [2.45, 2.75) is 84.1 Å². The average molecular weight is 296 g/mol. The van der Waals surface area contributed by atoms with Gasteiger partial charge in [0, 0.05) is 10.9 Å². The molecule has 0 saturated carbocycles. The third kappa shape index (κ3) is 6.41. The molecular formula is C18H33NS. The molecule has 0 amide bonds. The lowest BCUT2D eigenvalue weighted by Gasteiger charge is -2.16. The van der Waals surface area contributed by atoms with Crippen LogP contribution in [0.3, 0.4) is 0 Å². The van der Waals surface area contributed by atoms with Crippen LogP contribution >= 0.6 is 11.3 Å². The Morgan fingerprint density at radius 3 is 2.25 bits per heavy atom. The minimum absolute atomic E-state index is 0.574. The zero-order chi connectivity index (χ0) is 14.6. The zero-order valence-electron chi connectivity index (χ0n) is 13.7. The number of unbranched alkanes of at least 4 members (excludes halogenated alkanes) is 7. The van der Waals surface area contributed by atoms with E-state index in [-0.39, 0.29) is 0 Å². The van der Waals surface area contributed by atoms with Gasteiger partial charge in [-0.3, -0.25) is 0 Å². The summed E-state index contributed by atoms with van der Waals surface area (Å²) in [5.74, 6) is 0. The second kappa shape index (κ2) is 11.3. The molecule has 0 aliphatic rings. The Morgan fingerprint density at radius 2 is 1.65 bits per heavy atom. The highest BCUT2D eigenvalue weighted by Gasteiger charge is 2.13. The van der Waals surface area contributed by atoms with Gasteiger partial charge < -0.3 is 5.32 Å². The first kappa shape index (κ1) is 17.7. The van der Waals surface area contributed by atoms with E-state index >= 15 is 0 Å². The summed E-state index contributed by atoms with van der Waals surface area (Å²) >= 11 is 1.92. The molecule has 1 unspecified atom stereocenters. The molecule has 1 heterocycles. The standard InChI is InChI=1S/C18H33NS/c1-4-6-7-8-9-10-11-12-13-17(19-3)18-16(5-2)14-15-20-18/h14-15,17,19H,4-13H2,1-3H3. The van der Waals surface area contributed by atoms with E-state index < -0.39 is 0 Å². The van der Waals surface area contributed by atoms with Crippen molar-refractivity contribution >= 4 is 11.3 Å². The van der Waals surface area contributed by atoms with E-state index in [0.717, 1.165) is 6.42 Å². The molecule has 1 rings (SSSR count). The van der Waals surface area contributed by atoms with Crippen LogP contribution in [0.1, 0.15) is 88.1 Å². The number of hydrogen-bond donors (Lipinski definition) is 1. The van der Waals surface area contributed by atoms with Gasteiger partial charge in [0.25, 0.3) is 0 Å².